The highest BCUT2D eigenvalue weighted by Crippen LogP contribution is 2.07. The zero-order valence-corrected chi connectivity index (χ0v) is 14.8. The molecule has 4 heteroatoms. The second-order valence-corrected chi connectivity index (χ2v) is 6.09. The first-order valence-corrected chi connectivity index (χ1v) is 8.41. The van der Waals surface area contributed by atoms with Crippen molar-refractivity contribution in [3.8, 4) is 0 Å². The summed E-state index contributed by atoms with van der Waals surface area (Å²) in [4.78, 5) is 16.7. The van der Waals surface area contributed by atoms with Gasteiger partial charge in [-0.1, -0.05) is 39.8 Å². The van der Waals surface area contributed by atoms with Crippen LogP contribution in [0.4, 0.5) is 4.39 Å². The van der Waals surface area contributed by atoms with Crippen molar-refractivity contribution < 1.29 is 9.18 Å². The van der Waals surface area contributed by atoms with Gasteiger partial charge < -0.3 is 9.80 Å². The third-order valence-corrected chi connectivity index (χ3v) is 3.77. The van der Waals surface area contributed by atoms with Gasteiger partial charge in [0.25, 0.3) is 0 Å². The molecule has 128 valence electrons. The lowest BCUT2D eigenvalue weighted by Crippen LogP contribution is -2.39. The molecular weight excluding hydrogens is 291 g/mol. The van der Waals surface area contributed by atoms with E-state index in [9.17, 15) is 9.18 Å². The van der Waals surface area contributed by atoms with Crippen molar-refractivity contribution in [3.63, 3.8) is 0 Å². The molecule has 1 aromatic rings. The van der Waals surface area contributed by atoms with Crippen LogP contribution in [0.1, 0.15) is 33.3 Å². The number of nitrogens with zero attached hydrogens (tertiary/aromatic N) is 2. The summed E-state index contributed by atoms with van der Waals surface area (Å²) >= 11 is 0. The van der Waals surface area contributed by atoms with Gasteiger partial charge in [0, 0.05) is 25.7 Å². The van der Waals surface area contributed by atoms with Crippen molar-refractivity contribution in [2.45, 2.75) is 27.7 Å². The molecule has 3 nitrogen and oxygen atoms in total. The van der Waals surface area contributed by atoms with E-state index in [1.54, 1.807) is 24.3 Å². The molecule has 0 radical (unpaired) electrons. The molecule has 23 heavy (non-hydrogen) atoms. The van der Waals surface area contributed by atoms with Gasteiger partial charge in [0.15, 0.2) is 0 Å². The Kier molecular flexibility index (Phi) is 8.56. The molecule has 0 aliphatic heterocycles. The average molecular weight is 320 g/mol. The number of amides is 1. The smallest absolute Gasteiger partial charge is 0.246 e. The monoisotopic (exact) mass is 320 g/mol. The zero-order valence-electron chi connectivity index (χ0n) is 14.8. The first-order chi connectivity index (χ1) is 11.0. The fraction of sp³-hybridized carbons (Fsp3) is 0.526. The number of likely N-dealkylation sites (N-methyl/N-ethyl adjacent to an activating group) is 1. The van der Waals surface area contributed by atoms with Gasteiger partial charge in [-0.2, -0.15) is 0 Å². The first kappa shape index (κ1) is 19.4. The molecule has 0 aliphatic carbocycles. The predicted molar refractivity (Wildman–Crippen MR) is 94.6 cm³/mol. The maximum absolute atomic E-state index is 12.9. The molecule has 0 fully saturated rings. The maximum Gasteiger partial charge on any atom is 0.246 e. The number of benzene rings is 1. The summed E-state index contributed by atoms with van der Waals surface area (Å²) in [7, 11) is 0. The molecule has 0 atom stereocenters. The molecule has 0 N–H and O–H groups in total. The Hall–Kier alpha value is -1.68. The average Bonchev–Trinajstić information content (AvgIpc) is 2.53. The summed E-state index contributed by atoms with van der Waals surface area (Å²) in [5.74, 6) is 0.166. The van der Waals surface area contributed by atoms with Crippen molar-refractivity contribution in [2.24, 2.45) is 5.92 Å². The van der Waals surface area contributed by atoms with E-state index in [0.29, 0.717) is 5.92 Å². The minimum Gasteiger partial charge on any atom is -0.338 e. The van der Waals surface area contributed by atoms with E-state index in [4.69, 9.17) is 0 Å². The molecule has 0 aliphatic rings. The highest BCUT2D eigenvalue weighted by atomic mass is 19.1. The van der Waals surface area contributed by atoms with Crippen molar-refractivity contribution in [2.75, 3.05) is 32.7 Å². The van der Waals surface area contributed by atoms with Crippen LogP contribution >= 0.6 is 0 Å². The zero-order chi connectivity index (χ0) is 17.2. The minimum absolute atomic E-state index is 0.00943. The van der Waals surface area contributed by atoms with E-state index >= 15 is 0 Å². The SMILES string of the molecule is CCN(CC)CCN(CC(C)C)C(=O)/C=C/c1ccc(F)cc1. The summed E-state index contributed by atoms with van der Waals surface area (Å²) < 4.78 is 12.9. The van der Waals surface area contributed by atoms with Crippen LogP contribution in [0.5, 0.6) is 0 Å². The highest BCUT2D eigenvalue weighted by molar-refractivity contribution is 5.91. The standard InChI is InChI=1S/C19H29FN2O/c1-5-21(6-2)13-14-22(15-16(3)4)19(23)12-9-17-7-10-18(20)11-8-17/h7-12,16H,5-6,13-15H2,1-4H3/b12-9+. The van der Waals surface area contributed by atoms with E-state index in [2.05, 4.69) is 32.6 Å². The summed E-state index contributed by atoms with van der Waals surface area (Å²) in [6.07, 6.45) is 3.32. The van der Waals surface area contributed by atoms with Crippen LogP contribution < -0.4 is 0 Å². The Bertz CT molecular complexity index is 493. The van der Waals surface area contributed by atoms with Gasteiger partial charge in [0.1, 0.15) is 5.82 Å². The van der Waals surface area contributed by atoms with Crippen LogP contribution in [0.3, 0.4) is 0 Å². The van der Waals surface area contributed by atoms with Gasteiger partial charge in [-0.15, -0.1) is 0 Å². The van der Waals surface area contributed by atoms with Gasteiger partial charge in [0.05, 0.1) is 0 Å². The number of halogens is 1. The highest BCUT2D eigenvalue weighted by Gasteiger charge is 2.13. The molecule has 0 heterocycles. The van der Waals surface area contributed by atoms with Crippen LogP contribution in [0, 0.1) is 11.7 Å². The molecule has 0 spiro atoms. The van der Waals surface area contributed by atoms with E-state index in [0.717, 1.165) is 38.3 Å². The van der Waals surface area contributed by atoms with Crippen molar-refractivity contribution in [1.82, 2.24) is 9.80 Å². The number of carbonyl (C=O) groups excluding carboxylic acids is 1. The predicted octanol–water partition coefficient (Wildman–Crippen LogP) is 3.67. The molecule has 1 amide bonds. The number of hydrogen-bond acceptors (Lipinski definition) is 2. The van der Waals surface area contributed by atoms with Crippen LogP contribution in [-0.4, -0.2) is 48.4 Å². The maximum atomic E-state index is 12.9. The lowest BCUT2D eigenvalue weighted by atomic mass is 10.2. The van der Waals surface area contributed by atoms with Gasteiger partial charge in [-0.25, -0.2) is 4.39 Å². The Morgan fingerprint density at radius 1 is 1.13 bits per heavy atom. The van der Waals surface area contributed by atoms with E-state index in [-0.39, 0.29) is 11.7 Å². The largest absolute Gasteiger partial charge is 0.338 e. The second-order valence-electron chi connectivity index (χ2n) is 6.09. The number of hydrogen-bond donors (Lipinski definition) is 0. The molecular formula is C19H29FN2O. The molecule has 0 saturated heterocycles. The van der Waals surface area contributed by atoms with E-state index < -0.39 is 0 Å². The van der Waals surface area contributed by atoms with Crippen LogP contribution in [0.15, 0.2) is 30.3 Å². The Morgan fingerprint density at radius 2 is 1.74 bits per heavy atom. The van der Waals surface area contributed by atoms with Crippen LogP contribution in [0.25, 0.3) is 6.08 Å². The lowest BCUT2D eigenvalue weighted by Gasteiger charge is -2.27. The van der Waals surface area contributed by atoms with Crippen molar-refractivity contribution in [3.05, 3.63) is 41.7 Å². The van der Waals surface area contributed by atoms with Crippen LogP contribution in [0.2, 0.25) is 0 Å². The van der Waals surface area contributed by atoms with E-state index in [1.165, 1.54) is 12.1 Å². The molecule has 1 aromatic carbocycles. The molecule has 0 saturated carbocycles. The van der Waals surface area contributed by atoms with Gasteiger partial charge in [-0.3, -0.25) is 4.79 Å². The molecule has 0 unspecified atom stereocenters. The molecule has 0 bridgehead atoms. The topological polar surface area (TPSA) is 23.6 Å². The number of rotatable bonds is 9. The second kappa shape index (κ2) is 10.2. The van der Waals surface area contributed by atoms with E-state index in [1.807, 2.05) is 4.90 Å². The van der Waals surface area contributed by atoms with Gasteiger partial charge in [0.2, 0.25) is 5.91 Å². The van der Waals surface area contributed by atoms with Gasteiger partial charge >= 0.3 is 0 Å². The third kappa shape index (κ3) is 7.42. The Balaban J connectivity index is 2.68. The number of carbonyl (C=O) groups is 1. The van der Waals surface area contributed by atoms with Crippen molar-refractivity contribution >= 4 is 12.0 Å². The molecule has 1 rings (SSSR count). The Labute approximate surface area is 139 Å². The fourth-order valence-electron chi connectivity index (χ4n) is 2.38. The van der Waals surface area contributed by atoms with Crippen LogP contribution in [-0.2, 0) is 4.79 Å². The molecule has 0 aromatic heterocycles. The fourth-order valence-corrected chi connectivity index (χ4v) is 2.38. The summed E-state index contributed by atoms with van der Waals surface area (Å²) in [5, 5.41) is 0. The summed E-state index contributed by atoms with van der Waals surface area (Å²) in [6.45, 7) is 12.8. The minimum atomic E-state index is -0.269. The summed E-state index contributed by atoms with van der Waals surface area (Å²) in [5.41, 5.74) is 0.827. The van der Waals surface area contributed by atoms with Crippen molar-refractivity contribution in [1.29, 1.82) is 0 Å². The van der Waals surface area contributed by atoms with Gasteiger partial charge in [-0.05, 0) is 42.8 Å². The first-order valence-electron chi connectivity index (χ1n) is 8.41. The summed E-state index contributed by atoms with van der Waals surface area (Å²) in [6, 6.07) is 6.14. The lowest BCUT2D eigenvalue weighted by molar-refractivity contribution is -0.126. The normalized spacial score (nSPS) is 11.6. The third-order valence-electron chi connectivity index (χ3n) is 3.77. The quantitative estimate of drug-likeness (QED) is 0.648. The Morgan fingerprint density at radius 3 is 2.26 bits per heavy atom.